The van der Waals surface area contributed by atoms with Crippen molar-refractivity contribution < 1.29 is 23.0 Å². The summed E-state index contributed by atoms with van der Waals surface area (Å²) in [5, 5.41) is 0. The van der Waals surface area contributed by atoms with Gasteiger partial charge in [-0.2, -0.15) is 8.78 Å². The van der Waals surface area contributed by atoms with Crippen molar-refractivity contribution in [1.29, 1.82) is 0 Å². The van der Waals surface area contributed by atoms with E-state index in [0.717, 1.165) is 22.5 Å². The molecule has 0 spiro atoms. The highest BCUT2D eigenvalue weighted by Gasteiger charge is 2.33. The van der Waals surface area contributed by atoms with E-state index >= 15 is 0 Å². The van der Waals surface area contributed by atoms with Gasteiger partial charge in [-0.3, -0.25) is 9.36 Å². The number of aromatic nitrogens is 1. The number of carbonyl (C=O) groups excluding carboxylic acids is 1. The van der Waals surface area contributed by atoms with Crippen LogP contribution in [0.2, 0.25) is 0 Å². The van der Waals surface area contributed by atoms with Gasteiger partial charge in [0.05, 0.1) is 29.0 Å². The molecule has 0 N–H and O–H groups in total. The highest BCUT2D eigenvalue weighted by molar-refractivity contribution is 7.07. The molecule has 0 amide bonds. The van der Waals surface area contributed by atoms with Crippen molar-refractivity contribution in [3.63, 3.8) is 0 Å². The van der Waals surface area contributed by atoms with E-state index in [1.807, 2.05) is 24.3 Å². The average molecular weight is 499 g/mol. The number of nitrogens with zero attached hydrogens (tertiary/aromatic N) is 2. The summed E-state index contributed by atoms with van der Waals surface area (Å²) in [4.78, 5) is 31.2. The first-order chi connectivity index (χ1) is 16.7. The molecule has 2 aromatic carbocycles. The van der Waals surface area contributed by atoms with Crippen molar-refractivity contribution in [2.75, 3.05) is 7.11 Å². The van der Waals surface area contributed by atoms with Gasteiger partial charge in [-0.1, -0.05) is 67.6 Å². The first-order valence-electron chi connectivity index (χ1n) is 11.0. The molecule has 4 rings (SSSR count). The quantitative estimate of drug-likeness (QED) is 0.479. The largest absolute Gasteiger partial charge is 0.466 e. The molecule has 3 aromatic rings. The molecule has 0 fully saturated rings. The first-order valence-corrected chi connectivity index (χ1v) is 11.8. The monoisotopic (exact) mass is 498 g/mol. The van der Waals surface area contributed by atoms with Gasteiger partial charge in [-0.25, -0.2) is 9.79 Å². The Hall–Kier alpha value is -3.59. The van der Waals surface area contributed by atoms with E-state index in [4.69, 9.17) is 4.74 Å². The van der Waals surface area contributed by atoms with Crippen molar-refractivity contribution in [1.82, 2.24) is 4.57 Å². The van der Waals surface area contributed by atoms with Crippen LogP contribution in [0.3, 0.4) is 0 Å². The molecule has 9 heteroatoms. The van der Waals surface area contributed by atoms with Gasteiger partial charge in [0.15, 0.2) is 4.80 Å². The summed E-state index contributed by atoms with van der Waals surface area (Å²) < 4.78 is 37.1. The lowest BCUT2D eigenvalue weighted by atomic mass is 9.93. The lowest BCUT2D eigenvalue weighted by Gasteiger charge is -2.24. The summed E-state index contributed by atoms with van der Waals surface area (Å²) in [7, 11) is 1.28. The molecule has 1 aromatic heterocycles. The molecule has 0 saturated heterocycles. The van der Waals surface area contributed by atoms with Crippen LogP contribution >= 0.6 is 11.3 Å². The summed E-state index contributed by atoms with van der Waals surface area (Å²) in [6, 6.07) is 13.2. The molecular weight excluding hydrogens is 474 g/mol. The van der Waals surface area contributed by atoms with Crippen molar-refractivity contribution in [2.24, 2.45) is 4.99 Å². The number of para-hydroxylation sites is 1. The maximum absolute atomic E-state index is 13.6. The smallest absolute Gasteiger partial charge is 0.387 e. The molecule has 0 radical (unpaired) electrons. The van der Waals surface area contributed by atoms with E-state index in [1.54, 1.807) is 25.1 Å². The van der Waals surface area contributed by atoms with Crippen LogP contribution in [-0.2, 0) is 9.53 Å². The van der Waals surface area contributed by atoms with Crippen LogP contribution in [0.25, 0.3) is 6.08 Å². The molecule has 1 atom stereocenters. The number of benzene rings is 2. The predicted molar refractivity (Wildman–Crippen MR) is 129 cm³/mol. The normalized spacial score (nSPS) is 15.9. The Morgan fingerprint density at radius 3 is 2.46 bits per heavy atom. The number of thiazole rings is 1. The third kappa shape index (κ3) is 4.81. The summed E-state index contributed by atoms with van der Waals surface area (Å²) in [5.41, 5.74) is 2.51. The van der Waals surface area contributed by atoms with Crippen LogP contribution in [0.4, 0.5) is 8.78 Å². The molecule has 1 unspecified atom stereocenters. The summed E-state index contributed by atoms with van der Waals surface area (Å²) in [6.45, 7) is 2.87. The van der Waals surface area contributed by atoms with E-state index in [2.05, 4.69) is 23.6 Å². The second kappa shape index (κ2) is 9.95. The topological polar surface area (TPSA) is 69.9 Å². The number of rotatable bonds is 6. The maximum atomic E-state index is 13.6. The minimum atomic E-state index is -3.00. The summed E-state index contributed by atoms with van der Waals surface area (Å²) >= 11 is 1.11. The maximum Gasteiger partial charge on any atom is 0.387 e. The Kier molecular flexibility index (Phi) is 6.98. The third-order valence-corrected chi connectivity index (χ3v) is 6.75. The van der Waals surface area contributed by atoms with Gasteiger partial charge in [0, 0.05) is 5.56 Å². The van der Waals surface area contributed by atoms with Gasteiger partial charge >= 0.3 is 12.6 Å². The van der Waals surface area contributed by atoms with Crippen LogP contribution < -0.4 is 19.6 Å². The van der Waals surface area contributed by atoms with E-state index < -0.39 is 24.2 Å². The fourth-order valence-corrected chi connectivity index (χ4v) is 5.05. The van der Waals surface area contributed by atoms with Crippen molar-refractivity contribution in [3.05, 3.63) is 96.2 Å². The number of halogens is 2. The number of fused-ring (bicyclic) bond motifs is 1. The fourth-order valence-electron chi connectivity index (χ4n) is 4.02. The number of carbonyl (C=O) groups is 1. The first kappa shape index (κ1) is 24.5. The molecule has 35 heavy (non-hydrogen) atoms. The molecule has 2 heterocycles. The second-order valence-electron chi connectivity index (χ2n) is 8.31. The molecule has 1 aliphatic rings. The molecule has 1 aliphatic heterocycles. The van der Waals surface area contributed by atoms with Gasteiger partial charge in [0.1, 0.15) is 5.75 Å². The Labute approximate surface area is 204 Å². The summed E-state index contributed by atoms with van der Waals surface area (Å²) in [5.74, 6) is -0.298. The lowest BCUT2D eigenvalue weighted by molar-refractivity contribution is -0.136. The van der Waals surface area contributed by atoms with E-state index in [0.29, 0.717) is 22.0 Å². The molecule has 6 nitrogen and oxygen atoms in total. The van der Waals surface area contributed by atoms with Crippen LogP contribution in [0, 0.1) is 0 Å². The number of allylic oxidation sites excluding steroid dienone is 1. The van der Waals surface area contributed by atoms with Gasteiger partial charge in [-0.05, 0) is 36.1 Å². The average Bonchev–Trinajstić information content (AvgIpc) is 3.13. The zero-order valence-electron chi connectivity index (χ0n) is 19.6. The number of esters is 1. The fraction of sp³-hybridized carbons (Fsp3) is 0.269. The molecule has 0 bridgehead atoms. The van der Waals surface area contributed by atoms with E-state index in [1.165, 1.54) is 23.8 Å². The number of hydrogen-bond acceptors (Lipinski definition) is 6. The number of alkyl halides is 2. The van der Waals surface area contributed by atoms with Crippen LogP contribution in [-0.4, -0.2) is 24.3 Å². The second-order valence-corrected chi connectivity index (χ2v) is 9.32. The van der Waals surface area contributed by atoms with Gasteiger partial charge in [0.2, 0.25) is 0 Å². The third-order valence-electron chi connectivity index (χ3n) is 5.77. The summed E-state index contributed by atoms with van der Waals surface area (Å²) in [6.07, 6.45) is 1.50. The SMILES string of the molecule is COC(=O)C1=C(C)N=c2sc(=Cc3ccccc3OC(F)F)c(=O)n2C1c1ccc(C(C)C)cc1. The van der Waals surface area contributed by atoms with Gasteiger partial charge in [-0.15, -0.1) is 0 Å². The van der Waals surface area contributed by atoms with Gasteiger partial charge < -0.3 is 9.47 Å². The minimum absolute atomic E-state index is 0.0411. The highest BCUT2D eigenvalue weighted by Crippen LogP contribution is 2.31. The molecular formula is C26H24F2N2O4S. The zero-order chi connectivity index (χ0) is 25.3. The number of methoxy groups -OCH3 is 1. The van der Waals surface area contributed by atoms with Crippen molar-refractivity contribution in [3.8, 4) is 5.75 Å². The van der Waals surface area contributed by atoms with Crippen LogP contribution in [0.1, 0.15) is 49.4 Å². The Morgan fingerprint density at radius 1 is 1.14 bits per heavy atom. The number of hydrogen-bond donors (Lipinski definition) is 0. The minimum Gasteiger partial charge on any atom is -0.466 e. The predicted octanol–water partition coefficient (Wildman–Crippen LogP) is 4.13. The van der Waals surface area contributed by atoms with E-state index in [-0.39, 0.29) is 15.9 Å². The molecule has 0 aliphatic carbocycles. The zero-order valence-corrected chi connectivity index (χ0v) is 20.4. The van der Waals surface area contributed by atoms with E-state index in [9.17, 15) is 18.4 Å². The molecule has 0 saturated carbocycles. The Morgan fingerprint density at radius 2 is 1.83 bits per heavy atom. The van der Waals surface area contributed by atoms with Crippen molar-refractivity contribution >= 4 is 23.4 Å². The van der Waals surface area contributed by atoms with Crippen LogP contribution in [0.15, 0.2) is 69.6 Å². The number of ether oxygens (including phenoxy) is 2. The highest BCUT2D eigenvalue weighted by atomic mass is 32.1. The van der Waals surface area contributed by atoms with Crippen molar-refractivity contribution in [2.45, 2.75) is 39.3 Å². The Bertz CT molecular complexity index is 1470. The Balaban J connectivity index is 1.93. The molecule has 182 valence electrons. The van der Waals surface area contributed by atoms with Crippen LogP contribution in [0.5, 0.6) is 5.75 Å². The standard InChI is InChI=1S/C26H24F2N2O4S/c1-14(2)16-9-11-17(12-10-16)22-21(24(32)33-4)15(3)29-26-30(22)23(31)20(35-26)13-18-7-5-6-8-19(18)34-25(27)28/h5-14,22,25H,1-4H3. The lowest BCUT2D eigenvalue weighted by Crippen LogP contribution is -2.39. The van der Waals surface area contributed by atoms with Gasteiger partial charge in [0.25, 0.3) is 5.56 Å².